The fraction of sp³-hybridized carbons (Fsp3) is 0.333. The summed E-state index contributed by atoms with van der Waals surface area (Å²) in [5.74, 6) is 0. The Balaban J connectivity index is 2.24. The molecule has 4 nitrogen and oxygen atoms in total. The summed E-state index contributed by atoms with van der Waals surface area (Å²) < 4.78 is 2.83. The SMILES string of the molecule is CC(N)C(Sc1ncnn1C)c1ccc(Br)cc1. The van der Waals surface area contributed by atoms with Crippen molar-refractivity contribution in [2.75, 3.05) is 0 Å². The Hall–Kier alpha value is -0.850. The van der Waals surface area contributed by atoms with Crippen molar-refractivity contribution in [3.63, 3.8) is 0 Å². The van der Waals surface area contributed by atoms with Gasteiger partial charge < -0.3 is 5.73 Å². The first-order chi connectivity index (χ1) is 8.58. The standard InChI is InChI=1S/C12H15BrN4S/c1-8(14)11(9-3-5-10(13)6-4-9)18-12-15-7-16-17(12)2/h3-8,11H,14H2,1-2H3. The number of nitrogens with two attached hydrogens (primary N) is 1. The van der Waals surface area contributed by atoms with E-state index in [2.05, 4.69) is 38.1 Å². The second-order valence-electron chi connectivity index (χ2n) is 4.12. The van der Waals surface area contributed by atoms with Crippen LogP contribution in [0.25, 0.3) is 0 Å². The molecule has 0 amide bonds. The molecule has 18 heavy (non-hydrogen) atoms. The Kier molecular flexibility index (Phi) is 4.42. The number of halogens is 1. The lowest BCUT2D eigenvalue weighted by molar-refractivity contribution is 0.671. The van der Waals surface area contributed by atoms with Crippen LogP contribution < -0.4 is 5.73 Å². The second-order valence-corrected chi connectivity index (χ2v) is 6.14. The van der Waals surface area contributed by atoms with E-state index >= 15 is 0 Å². The van der Waals surface area contributed by atoms with Crippen molar-refractivity contribution in [1.29, 1.82) is 0 Å². The van der Waals surface area contributed by atoms with Crippen molar-refractivity contribution in [3.8, 4) is 0 Å². The number of thioether (sulfide) groups is 1. The summed E-state index contributed by atoms with van der Waals surface area (Å²) >= 11 is 5.08. The van der Waals surface area contributed by atoms with Crippen LogP contribution in [0.2, 0.25) is 0 Å². The Bertz CT molecular complexity index is 509. The molecule has 0 saturated carbocycles. The van der Waals surface area contributed by atoms with Gasteiger partial charge in [-0.1, -0.05) is 39.8 Å². The summed E-state index contributed by atoms with van der Waals surface area (Å²) in [5.41, 5.74) is 7.28. The number of hydrogen-bond acceptors (Lipinski definition) is 4. The van der Waals surface area contributed by atoms with Gasteiger partial charge in [-0.3, -0.25) is 0 Å². The molecule has 6 heteroatoms. The van der Waals surface area contributed by atoms with Gasteiger partial charge in [0.05, 0.1) is 5.25 Å². The van der Waals surface area contributed by atoms with Crippen LogP contribution in [0.15, 0.2) is 40.2 Å². The lowest BCUT2D eigenvalue weighted by atomic mass is 10.1. The van der Waals surface area contributed by atoms with E-state index in [9.17, 15) is 0 Å². The van der Waals surface area contributed by atoms with Gasteiger partial charge in [-0.15, -0.1) is 0 Å². The number of hydrogen-bond donors (Lipinski definition) is 1. The first-order valence-corrected chi connectivity index (χ1v) is 7.27. The molecule has 0 aliphatic carbocycles. The summed E-state index contributed by atoms with van der Waals surface area (Å²) in [6.07, 6.45) is 1.56. The highest BCUT2D eigenvalue weighted by Gasteiger charge is 2.19. The Morgan fingerprint density at radius 2 is 2.00 bits per heavy atom. The molecule has 2 N–H and O–H groups in total. The molecule has 0 spiro atoms. The van der Waals surface area contributed by atoms with E-state index < -0.39 is 0 Å². The van der Waals surface area contributed by atoms with Gasteiger partial charge in [-0.2, -0.15) is 5.10 Å². The average Bonchev–Trinajstić information content (AvgIpc) is 2.73. The van der Waals surface area contributed by atoms with Crippen molar-refractivity contribution in [1.82, 2.24) is 14.8 Å². The molecule has 1 heterocycles. The monoisotopic (exact) mass is 326 g/mol. The second kappa shape index (κ2) is 5.86. The molecule has 0 aliphatic rings. The molecule has 2 aromatic rings. The first kappa shape index (κ1) is 13.6. The van der Waals surface area contributed by atoms with Crippen LogP contribution in [-0.2, 0) is 7.05 Å². The normalized spacial score (nSPS) is 14.4. The van der Waals surface area contributed by atoms with Crippen molar-refractivity contribution in [2.45, 2.75) is 23.4 Å². The topological polar surface area (TPSA) is 56.7 Å². The van der Waals surface area contributed by atoms with E-state index in [-0.39, 0.29) is 11.3 Å². The number of aromatic nitrogens is 3. The summed E-state index contributed by atoms with van der Waals surface area (Å²) in [7, 11) is 1.88. The zero-order chi connectivity index (χ0) is 13.1. The molecular weight excluding hydrogens is 312 g/mol. The Morgan fingerprint density at radius 3 is 2.50 bits per heavy atom. The summed E-state index contributed by atoms with van der Waals surface area (Å²) in [4.78, 5) is 4.23. The molecule has 0 radical (unpaired) electrons. The van der Waals surface area contributed by atoms with Crippen LogP contribution in [-0.4, -0.2) is 20.8 Å². The predicted molar refractivity (Wildman–Crippen MR) is 77.4 cm³/mol. The highest BCUT2D eigenvalue weighted by atomic mass is 79.9. The molecule has 96 valence electrons. The van der Waals surface area contributed by atoms with Crippen molar-refractivity contribution in [3.05, 3.63) is 40.6 Å². The number of rotatable bonds is 4. The van der Waals surface area contributed by atoms with Gasteiger partial charge in [0.1, 0.15) is 6.33 Å². The zero-order valence-corrected chi connectivity index (χ0v) is 12.6. The van der Waals surface area contributed by atoms with Crippen LogP contribution in [0.1, 0.15) is 17.7 Å². The van der Waals surface area contributed by atoms with E-state index in [1.54, 1.807) is 22.8 Å². The van der Waals surface area contributed by atoms with E-state index in [4.69, 9.17) is 5.73 Å². The first-order valence-electron chi connectivity index (χ1n) is 5.59. The van der Waals surface area contributed by atoms with Crippen LogP contribution in [0.5, 0.6) is 0 Å². The third kappa shape index (κ3) is 3.13. The van der Waals surface area contributed by atoms with Gasteiger partial charge in [0.25, 0.3) is 0 Å². The minimum absolute atomic E-state index is 0.0351. The van der Waals surface area contributed by atoms with E-state index in [0.29, 0.717) is 0 Å². The molecule has 2 atom stereocenters. The highest BCUT2D eigenvalue weighted by molar-refractivity contribution is 9.10. The van der Waals surface area contributed by atoms with Crippen molar-refractivity contribution in [2.24, 2.45) is 12.8 Å². The van der Waals surface area contributed by atoms with Crippen LogP contribution in [0.3, 0.4) is 0 Å². The van der Waals surface area contributed by atoms with Crippen LogP contribution in [0.4, 0.5) is 0 Å². The molecule has 0 fully saturated rings. The molecule has 0 aliphatic heterocycles. The smallest absolute Gasteiger partial charge is 0.186 e. The predicted octanol–water partition coefficient (Wildman–Crippen LogP) is 2.76. The Labute approximate surface area is 119 Å². The van der Waals surface area contributed by atoms with Crippen LogP contribution in [0, 0.1) is 0 Å². The summed E-state index contributed by atoms with van der Waals surface area (Å²) in [6.45, 7) is 2.01. The average molecular weight is 327 g/mol. The van der Waals surface area contributed by atoms with Gasteiger partial charge in [0.2, 0.25) is 0 Å². The zero-order valence-electron chi connectivity index (χ0n) is 10.2. The quantitative estimate of drug-likeness (QED) is 0.878. The summed E-state index contributed by atoms with van der Waals surface area (Å²) in [6, 6.07) is 8.26. The maximum atomic E-state index is 6.08. The third-order valence-corrected chi connectivity index (χ3v) is 4.64. The molecule has 1 aromatic heterocycles. The van der Waals surface area contributed by atoms with Gasteiger partial charge in [0, 0.05) is 17.6 Å². The van der Waals surface area contributed by atoms with E-state index in [1.807, 2.05) is 26.1 Å². The molecule has 2 rings (SSSR count). The van der Waals surface area contributed by atoms with Gasteiger partial charge in [0.15, 0.2) is 5.16 Å². The largest absolute Gasteiger partial charge is 0.327 e. The molecule has 0 bridgehead atoms. The van der Waals surface area contributed by atoms with Crippen LogP contribution >= 0.6 is 27.7 Å². The molecule has 0 saturated heterocycles. The van der Waals surface area contributed by atoms with Crippen molar-refractivity contribution < 1.29 is 0 Å². The molecular formula is C12H15BrN4S. The molecule has 2 unspecified atom stereocenters. The van der Waals surface area contributed by atoms with Gasteiger partial charge in [-0.25, -0.2) is 9.67 Å². The fourth-order valence-corrected chi connectivity index (χ4v) is 2.94. The minimum atomic E-state index is 0.0351. The highest BCUT2D eigenvalue weighted by Crippen LogP contribution is 2.36. The lowest BCUT2D eigenvalue weighted by Gasteiger charge is -2.20. The van der Waals surface area contributed by atoms with Crippen molar-refractivity contribution >= 4 is 27.7 Å². The van der Waals surface area contributed by atoms with E-state index in [1.165, 1.54) is 5.56 Å². The fourth-order valence-electron chi connectivity index (χ4n) is 1.64. The van der Waals surface area contributed by atoms with Gasteiger partial charge in [-0.05, 0) is 24.6 Å². The summed E-state index contributed by atoms with van der Waals surface area (Å²) in [5, 5.41) is 5.12. The molecule has 1 aromatic carbocycles. The maximum Gasteiger partial charge on any atom is 0.186 e. The number of benzene rings is 1. The third-order valence-electron chi connectivity index (χ3n) is 2.58. The lowest BCUT2D eigenvalue weighted by Crippen LogP contribution is -2.23. The maximum absolute atomic E-state index is 6.08. The Morgan fingerprint density at radius 1 is 1.33 bits per heavy atom. The van der Waals surface area contributed by atoms with Gasteiger partial charge >= 0.3 is 0 Å². The number of nitrogens with zero attached hydrogens (tertiary/aromatic N) is 3. The number of aryl methyl sites for hydroxylation is 1. The minimum Gasteiger partial charge on any atom is -0.327 e. The van der Waals surface area contributed by atoms with E-state index in [0.717, 1.165) is 9.63 Å².